The second-order valence-electron chi connectivity index (χ2n) is 3.67. The number of hydrogen-bond donors (Lipinski definition) is 2. The Balaban J connectivity index is 2.12. The maximum absolute atomic E-state index is 12.2. The molecule has 0 aromatic carbocycles. The SMILES string of the molecule is CCNc1nc(N)c(C(=O)N2CCSCC2)s1. The van der Waals surface area contributed by atoms with E-state index in [-0.39, 0.29) is 5.91 Å². The van der Waals surface area contributed by atoms with Crippen molar-refractivity contribution in [1.82, 2.24) is 9.88 Å². The van der Waals surface area contributed by atoms with Crippen molar-refractivity contribution in [1.29, 1.82) is 0 Å². The highest BCUT2D eigenvalue weighted by Crippen LogP contribution is 2.27. The van der Waals surface area contributed by atoms with E-state index >= 15 is 0 Å². The van der Waals surface area contributed by atoms with Crippen molar-refractivity contribution in [3.05, 3.63) is 4.88 Å². The maximum atomic E-state index is 12.2. The number of aromatic nitrogens is 1. The summed E-state index contributed by atoms with van der Waals surface area (Å²) in [6.45, 7) is 4.37. The van der Waals surface area contributed by atoms with Crippen LogP contribution in [0.25, 0.3) is 0 Å². The standard InChI is InChI=1S/C10H16N4OS2/c1-2-12-10-13-8(11)7(17-10)9(15)14-3-5-16-6-4-14/h2-6,11H2,1H3,(H,12,13). The van der Waals surface area contributed by atoms with Crippen LogP contribution in [0.1, 0.15) is 16.6 Å². The molecule has 7 heteroatoms. The van der Waals surface area contributed by atoms with E-state index in [4.69, 9.17) is 5.73 Å². The van der Waals surface area contributed by atoms with Crippen molar-refractivity contribution in [2.45, 2.75) is 6.92 Å². The molecule has 94 valence electrons. The maximum Gasteiger partial charge on any atom is 0.267 e. The van der Waals surface area contributed by atoms with E-state index in [9.17, 15) is 4.79 Å². The molecule has 0 radical (unpaired) electrons. The molecule has 1 aliphatic heterocycles. The number of nitrogen functional groups attached to an aromatic ring is 1. The van der Waals surface area contributed by atoms with Gasteiger partial charge in [0.05, 0.1) is 0 Å². The van der Waals surface area contributed by atoms with E-state index < -0.39 is 0 Å². The summed E-state index contributed by atoms with van der Waals surface area (Å²) >= 11 is 3.22. The number of hydrogen-bond acceptors (Lipinski definition) is 6. The second-order valence-corrected chi connectivity index (χ2v) is 5.89. The molecule has 5 nitrogen and oxygen atoms in total. The van der Waals surface area contributed by atoms with Crippen molar-refractivity contribution in [2.24, 2.45) is 0 Å². The number of rotatable bonds is 3. The molecule has 1 saturated heterocycles. The Hall–Kier alpha value is -0.950. The first kappa shape index (κ1) is 12.5. The molecule has 0 unspecified atom stereocenters. The van der Waals surface area contributed by atoms with Crippen LogP contribution in [0.2, 0.25) is 0 Å². The lowest BCUT2D eigenvalue weighted by Crippen LogP contribution is -2.37. The largest absolute Gasteiger partial charge is 0.382 e. The van der Waals surface area contributed by atoms with E-state index in [1.807, 2.05) is 23.6 Å². The summed E-state index contributed by atoms with van der Waals surface area (Å²) in [7, 11) is 0. The lowest BCUT2D eigenvalue weighted by Gasteiger charge is -2.25. The number of nitrogens with two attached hydrogens (primary N) is 1. The molecular weight excluding hydrogens is 256 g/mol. The Bertz CT molecular complexity index is 401. The van der Waals surface area contributed by atoms with E-state index in [0.29, 0.717) is 10.7 Å². The van der Waals surface area contributed by atoms with Crippen LogP contribution in [0.15, 0.2) is 0 Å². The third-order valence-corrected chi connectivity index (χ3v) is 4.43. The third kappa shape index (κ3) is 2.84. The summed E-state index contributed by atoms with van der Waals surface area (Å²) in [6, 6.07) is 0. The fourth-order valence-electron chi connectivity index (χ4n) is 1.62. The van der Waals surface area contributed by atoms with Crippen LogP contribution in [0, 0.1) is 0 Å². The second kappa shape index (κ2) is 5.59. The predicted octanol–water partition coefficient (Wildman–Crippen LogP) is 1.35. The molecule has 0 atom stereocenters. The molecule has 2 rings (SSSR count). The Labute approximate surface area is 109 Å². The first-order valence-electron chi connectivity index (χ1n) is 5.59. The molecule has 1 aromatic rings. The summed E-state index contributed by atoms with van der Waals surface area (Å²) in [5.41, 5.74) is 5.79. The lowest BCUT2D eigenvalue weighted by molar-refractivity contribution is 0.0778. The molecule has 0 saturated carbocycles. The van der Waals surface area contributed by atoms with Crippen LogP contribution in [0.4, 0.5) is 10.9 Å². The fraction of sp³-hybridized carbons (Fsp3) is 0.600. The summed E-state index contributed by atoms with van der Waals surface area (Å²) in [5.74, 6) is 2.37. The lowest BCUT2D eigenvalue weighted by atomic mass is 10.4. The molecule has 1 fully saturated rings. The normalized spacial score (nSPS) is 15.9. The van der Waals surface area contributed by atoms with Gasteiger partial charge in [-0.25, -0.2) is 4.98 Å². The summed E-state index contributed by atoms with van der Waals surface area (Å²) < 4.78 is 0. The molecule has 1 aliphatic rings. The number of amides is 1. The number of carbonyl (C=O) groups is 1. The number of carbonyl (C=O) groups excluding carboxylic acids is 1. The van der Waals surface area contributed by atoms with Crippen LogP contribution in [0.3, 0.4) is 0 Å². The van der Waals surface area contributed by atoms with Gasteiger partial charge in [-0.2, -0.15) is 11.8 Å². The molecular formula is C10H16N4OS2. The topological polar surface area (TPSA) is 71.2 Å². The zero-order valence-electron chi connectivity index (χ0n) is 9.73. The van der Waals surface area contributed by atoms with Crippen LogP contribution in [0.5, 0.6) is 0 Å². The first-order chi connectivity index (χ1) is 8.22. The van der Waals surface area contributed by atoms with Gasteiger partial charge in [0.25, 0.3) is 5.91 Å². The van der Waals surface area contributed by atoms with Crippen molar-refractivity contribution >= 4 is 40.0 Å². The molecule has 2 heterocycles. The van der Waals surface area contributed by atoms with E-state index in [1.54, 1.807) is 0 Å². The van der Waals surface area contributed by atoms with Crippen LogP contribution < -0.4 is 11.1 Å². The zero-order valence-corrected chi connectivity index (χ0v) is 11.4. The van der Waals surface area contributed by atoms with Gasteiger partial charge in [-0.15, -0.1) is 0 Å². The van der Waals surface area contributed by atoms with E-state index in [0.717, 1.165) is 36.3 Å². The van der Waals surface area contributed by atoms with Gasteiger partial charge < -0.3 is 16.0 Å². The molecule has 1 aromatic heterocycles. The van der Waals surface area contributed by atoms with Crippen molar-refractivity contribution in [3.8, 4) is 0 Å². The molecule has 17 heavy (non-hydrogen) atoms. The molecule has 0 aliphatic carbocycles. The highest BCUT2D eigenvalue weighted by Gasteiger charge is 2.23. The molecule has 0 spiro atoms. The minimum absolute atomic E-state index is 0.0180. The summed E-state index contributed by atoms with van der Waals surface area (Å²) in [4.78, 5) is 18.8. The van der Waals surface area contributed by atoms with Gasteiger partial charge in [0, 0.05) is 31.1 Å². The van der Waals surface area contributed by atoms with Gasteiger partial charge in [0.2, 0.25) is 0 Å². The summed E-state index contributed by atoms with van der Waals surface area (Å²) in [5, 5.41) is 3.80. The highest BCUT2D eigenvalue weighted by molar-refractivity contribution is 7.99. The Morgan fingerprint density at radius 2 is 2.24 bits per heavy atom. The monoisotopic (exact) mass is 272 g/mol. The number of anilines is 2. The number of thioether (sulfide) groups is 1. The fourth-order valence-corrected chi connectivity index (χ4v) is 3.45. The Morgan fingerprint density at radius 1 is 1.53 bits per heavy atom. The number of nitrogens with zero attached hydrogens (tertiary/aromatic N) is 2. The zero-order chi connectivity index (χ0) is 12.3. The highest BCUT2D eigenvalue weighted by atomic mass is 32.2. The quantitative estimate of drug-likeness (QED) is 0.869. The summed E-state index contributed by atoms with van der Waals surface area (Å²) in [6.07, 6.45) is 0. The van der Waals surface area contributed by atoms with Gasteiger partial charge in [-0.1, -0.05) is 11.3 Å². The van der Waals surface area contributed by atoms with Gasteiger partial charge >= 0.3 is 0 Å². The van der Waals surface area contributed by atoms with Gasteiger partial charge in [-0.3, -0.25) is 4.79 Å². The Morgan fingerprint density at radius 3 is 2.88 bits per heavy atom. The number of thiazole rings is 1. The van der Waals surface area contributed by atoms with Gasteiger partial charge in [0.15, 0.2) is 5.13 Å². The van der Waals surface area contributed by atoms with Crippen molar-refractivity contribution in [3.63, 3.8) is 0 Å². The smallest absolute Gasteiger partial charge is 0.267 e. The average molecular weight is 272 g/mol. The molecule has 3 N–H and O–H groups in total. The molecule has 0 bridgehead atoms. The average Bonchev–Trinajstić information content (AvgIpc) is 2.71. The van der Waals surface area contributed by atoms with Crippen LogP contribution in [-0.4, -0.2) is 46.9 Å². The minimum Gasteiger partial charge on any atom is -0.382 e. The van der Waals surface area contributed by atoms with Crippen LogP contribution >= 0.6 is 23.1 Å². The van der Waals surface area contributed by atoms with Gasteiger partial charge in [0.1, 0.15) is 10.7 Å². The van der Waals surface area contributed by atoms with Crippen LogP contribution in [-0.2, 0) is 0 Å². The van der Waals surface area contributed by atoms with Gasteiger partial charge in [-0.05, 0) is 6.92 Å². The Kier molecular flexibility index (Phi) is 4.11. The first-order valence-corrected chi connectivity index (χ1v) is 7.56. The van der Waals surface area contributed by atoms with E-state index in [2.05, 4.69) is 10.3 Å². The third-order valence-electron chi connectivity index (χ3n) is 2.47. The number of nitrogens with one attached hydrogen (secondary N) is 1. The predicted molar refractivity (Wildman–Crippen MR) is 73.9 cm³/mol. The van der Waals surface area contributed by atoms with Crippen molar-refractivity contribution in [2.75, 3.05) is 42.2 Å². The molecule has 1 amide bonds. The van der Waals surface area contributed by atoms with Crippen molar-refractivity contribution < 1.29 is 4.79 Å². The minimum atomic E-state index is 0.0180. The van der Waals surface area contributed by atoms with E-state index in [1.165, 1.54) is 11.3 Å².